The predicted octanol–water partition coefficient (Wildman–Crippen LogP) is 6.22. The number of esters is 1. The van der Waals surface area contributed by atoms with Crippen LogP contribution in [-0.2, 0) is 0 Å². The highest BCUT2D eigenvalue weighted by molar-refractivity contribution is 6.08. The first-order valence-corrected chi connectivity index (χ1v) is 12.0. The van der Waals surface area contributed by atoms with Gasteiger partial charge in [-0.1, -0.05) is 18.2 Å². The Morgan fingerprint density at radius 1 is 0.800 bits per heavy atom. The van der Waals surface area contributed by atoms with Crippen molar-refractivity contribution >= 4 is 22.6 Å². The van der Waals surface area contributed by atoms with Crippen molar-refractivity contribution in [2.24, 2.45) is 0 Å². The minimum absolute atomic E-state index is 0.159. The number of fused-ring (bicyclic) bond motifs is 2. The molecule has 5 rings (SSSR count). The molecule has 1 aliphatic carbocycles. The number of halogens is 5. The van der Waals surface area contributed by atoms with E-state index in [9.17, 15) is 26.7 Å². The standard InChI is InChI=1S/C30H22F5N2O3/c1-36(2)15-9-11-19-21(13-15)39-22-14-16(37(3)4)10-12-20(22)23(19)17-7-5-6-8-18(17)30(38)40-29-27(34)25(32)24(31)26(33)28(29)35/h5-14H,1-4H3/q+1. The first-order valence-electron chi connectivity index (χ1n) is 12.0. The molecule has 0 radical (unpaired) electrons. The molecule has 204 valence electrons. The molecule has 2 aliphatic rings. The highest BCUT2D eigenvalue weighted by atomic mass is 19.2. The van der Waals surface area contributed by atoms with Gasteiger partial charge in [-0.05, 0) is 29.8 Å². The van der Waals surface area contributed by atoms with E-state index in [2.05, 4.69) is 0 Å². The van der Waals surface area contributed by atoms with Crippen LogP contribution >= 0.6 is 0 Å². The Labute approximate surface area is 225 Å². The second-order valence-corrected chi connectivity index (χ2v) is 9.46. The number of carbonyl (C=O) groups excluding carboxylic acids is 1. The smallest absolute Gasteiger partial charge is 0.344 e. The Morgan fingerprint density at radius 3 is 2.10 bits per heavy atom. The molecule has 3 aromatic carbocycles. The van der Waals surface area contributed by atoms with Gasteiger partial charge < -0.3 is 14.1 Å². The maximum atomic E-state index is 14.3. The quantitative estimate of drug-likeness (QED) is 0.0505. The van der Waals surface area contributed by atoms with Gasteiger partial charge in [-0.25, -0.2) is 22.5 Å². The molecular formula is C30H22F5N2O3+. The monoisotopic (exact) mass is 553 g/mol. The fourth-order valence-electron chi connectivity index (χ4n) is 4.42. The highest BCUT2D eigenvalue weighted by Gasteiger charge is 2.30. The molecule has 0 amide bonds. The summed E-state index contributed by atoms with van der Waals surface area (Å²) in [5.74, 6) is -13.8. The molecule has 5 nitrogen and oxygen atoms in total. The number of hydrogen-bond donors (Lipinski definition) is 0. The summed E-state index contributed by atoms with van der Waals surface area (Å²) in [4.78, 5) is 15.1. The van der Waals surface area contributed by atoms with E-state index in [1.54, 1.807) is 12.1 Å². The van der Waals surface area contributed by atoms with Crippen molar-refractivity contribution in [2.75, 3.05) is 33.1 Å². The topological polar surface area (TPSA) is 45.7 Å². The third kappa shape index (κ3) is 4.45. The average Bonchev–Trinajstić information content (AvgIpc) is 2.95. The summed E-state index contributed by atoms with van der Waals surface area (Å²) in [6.07, 6.45) is 0. The molecule has 0 unspecified atom stereocenters. The lowest BCUT2D eigenvalue weighted by Crippen LogP contribution is -2.21. The summed E-state index contributed by atoms with van der Waals surface area (Å²) in [6.45, 7) is 0. The summed E-state index contributed by atoms with van der Waals surface area (Å²) in [6, 6.07) is 17.1. The lowest BCUT2D eigenvalue weighted by atomic mass is 9.90. The molecule has 10 heteroatoms. The minimum Gasteiger partial charge on any atom is -0.456 e. The third-order valence-corrected chi connectivity index (χ3v) is 6.50. The van der Waals surface area contributed by atoms with E-state index in [-0.39, 0.29) is 5.56 Å². The number of anilines is 1. The van der Waals surface area contributed by atoms with E-state index in [0.717, 1.165) is 11.0 Å². The van der Waals surface area contributed by atoms with Crippen molar-refractivity contribution in [3.8, 4) is 28.2 Å². The van der Waals surface area contributed by atoms with E-state index in [0.29, 0.717) is 33.4 Å². The second-order valence-electron chi connectivity index (χ2n) is 9.46. The Bertz CT molecular complexity index is 1830. The molecule has 0 spiro atoms. The summed E-state index contributed by atoms with van der Waals surface area (Å²) in [5.41, 5.74) is 2.66. The van der Waals surface area contributed by atoms with Crippen molar-refractivity contribution in [1.82, 2.24) is 4.58 Å². The number of rotatable bonds is 4. The number of hydrogen-bond acceptors (Lipinski definition) is 4. The van der Waals surface area contributed by atoms with Crippen LogP contribution in [0.1, 0.15) is 10.4 Å². The summed E-state index contributed by atoms with van der Waals surface area (Å²) in [7, 11) is 7.49. The van der Waals surface area contributed by atoms with Crippen LogP contribution < -0.4 is 19.6 Å². The van der Waals surface area contributed by atoms with Gasteiger partial charge in [0, 0.05) is 48.4 Å². The molecule has 0 bridgehead atoms. The first-order chi connectivity index (χ1) is 19.0. The van der Waals surface area contributed by atoms with Crippen LogP contribution in [0, 0.1) is 29.1 Å². The van der Waals surface area contributed by atoms with Gasteiger partial charge in [0.15, 0.2) is 0 Å². The number of ether oxygens (including phenoxy) is 1. The fourth-order valence-corrected chi connectivity index (χ4v) is 4.42. The summed E-state index contributed by atoms with van der Waals surface area (Å²) in [5, 5.41) is 1.47. The van der Waals surface area contributed by atoms with Gasteiger partial charge in [0.1, 0.15) is 25.4 Å². The van der Waals surface area contributed by atoms with Crippen LogP contribution in [0.15, 0.2) is 65.1 Å². The van der Waals surface area contributed by atoms with Gasteiger partial charge in [0.25, 0.3) is 0 Å². The molecule has 1 heterocycles. The Morgan fingerprint density at radius 2 is 1.45 bits per heavy atom. The Balaban J connectivity index is 1.76. The number of nitrogens with zero attached hydrogens (tertiary/aromatic N) is 2. The van der Waals surface area contributed by atoms with E-state index in [1.807, 2.05) is 74.1 Å². The van der Waals surface area contributed by atoms with Crippen molar-refractivity contribution < 1.29 is 35.9 Å². The minimum atomic E-state index is -2.35. The largest absolute Gasteiger partial charge is 0.456 e. The molecule has 0 atom stereocenters. The normalized spacial score (nSPS) is 11.2. The Kier molecular flexibility index (Phi) is 6.79. The molecule has 0 saturated carbocycles. The lowest BCUT2D eigenvalue weighted by molar-refractivity contribution is 0.0717. The Hall–Kier alpha value is -4.73. The second kappa shape index (κ2) is 10.1. The lowest BCUT2D eigenvalue weighted by Gasteiger charge is -2.19. The summed E-state index contributed by atoms with van der Waals surface area (Å²) < 4.78 is 82.6. The van der Waals surface area contributed by atoms with Gasteiger partial charge in [0.05, 0.1) is 11.6 Å². The van der Waals surface area contributed by atoms with Crippen LogP contribution in [0.5, 0.6) is 5.75 Å². The van der Waals surface area contributed by atoms with Crippen LogP contribution in [0.2, 0.25) is 0 Å². The van der Waals surface area contributed by atoms with Crippen molar-refractivity contribution in [3.63, 3.8) is 0 Å². The molecule has 0 saturated heterocycles. The zero-order valence-corrected chi connectivity index (χ0v) is 21.8. The third-order valence-electron chi connectivity index (χ3n) is 6.50. The molecular weight excluding hydrogens is 531 g/mol. The van der Waals surface area contributed by atoms with Gasteiger partial charge in [-0.2, -0.15) is 8.78 Å². The zero-order chi connectivity index (χ0) is 28.9. The first kappa shape index (κ1) is 26.9. The van der Waals surface area contributed by atoms with E-state index >= 15 is 0 Å². The number of carbonyl (C=O) groups is 1. The van der Waals surface area contributed by atoms with Crippen LogP contribution in [0.4, 0.5) is 27.6 Å². The van der Waals surface area contributed by atoms with E-state index in [4.69, 9.17) is 9.15 Å². The molecule has 1 aliphatic heterocycles. The zero-order valence-electron chi connectivity index (χ0n) is 21.8. The molecule has 0 aromatic heterocycles. The SMILES string of the molecule is CN(C)c1ccc2c(-c3ccccc3C(=O)Oc3c(F)c(F)c(F)c(F)c3F)c3ccc(=[N+](C)C)cc-3oc2c1. The van der Waals surface area contributed by atoms with Gasteiger partial charge in [-0.3, -0.25) is 0 Å². The maximum absolute atomic E-state index is 14.3. The van der Waals surface area contributed by atoms with Gasteiger partial charge in [0.2, 0.25) is 40.2 Å². The average molecular weight is 554 g/mol. The molecule has 40 heavy (non-hydrogen) atoms. The maximum Gasteiger partial charge on any atom is 0.344 e. The fraction of sp³-hybridized carbons (Fsp3) is 0.133. The predicted molar refractivity (Wildman–Crippen MR) is 141 cm³/mol. The van der Waals surface area contributed by atoms with Crippen LogP contribution in [-0.4, -0.2) is 34.2 Å². The van der Waals surface area contributed by atoms with Gasteiger partial charge >= 0.3 is 5.97 Å². The van der Waals surface area contributed by atoms with E-state index in [1.165, 1.54) is 12.1 Å². The highest BCUT2D eigenvalue weighted by Crippen LogP contribution is 2.42. The van der Waals surface area contributed by atoms with E-state index < -0.39 is 40.8 Å². The molecule has 3 aromatic rings. The van der Waals surface area contributed by atoms with Gasteiger partial charge in [-0.15, -0.1) is 0 Å². The van der Waals surface area contributed by atoms with Crippen LogP contribution in [0.25, 0.3) is 33.4 Å². The van der Waals surface area contributed by atoms with Crippen molar-refractivity contribution in [1.29, 1.82) is 0 Å². The number of benzene rings is 4. The van der Waals surface area contributed by atoms with Crippen molar-refractivity contribution in [3.05, 3.63) is 101 Å². The van der Waals surface area contributed by atoms with Crippen molar-refractivity contribution in [2.45, 2.75) is 0 Å². The molecule has 0 N–H and O–H groups in total. The van der Waals surface area contributed by atoms with Crippen LogP contribution in [0.3, 0.4) is 0 Å². The molecule has 0 fully saturated rings. The summed E-state index contributed by atoms with van der Waals surface area (Å²) >= 11 is 0.